The zero-order valence-corrected chi connectivity index (χ0v) is 22.4. The minimum atomic E-state index is -1.21. The number of imide groups is 1. The number of rotatable bonds is 6. The first-order chi connectivity index (χ1) is 18.2. The number of halogens is 1. The average molecular weight is 529 g/mol. The van der Waals surface area contributed by atoms with Crippen molar-refractivity contribution in [2.24, 2.45) is 0 Å². The first-order valence-electron chi connectivity index (χ1n) is 12.3. The third-order valence-electron chi connectivity index (χ3n) is 6.82. The van der Waals surface area contributed by atoms with Gasteiger partial charge in [-0.1, -0.05) is 26.8 Å². The number of carbonyl (C=O) groups excluding carboxylic acids is 2. The monoisotopic (exact) mass is 528 g/mol. The van der Waals surface area contributed by atoms with Crippen LogP contribution in [0.5, 0.6) is 0 Å². The van der Waals surface area contributed by atoms with Gasteiger partial charge in [0.15, 0.2) is 0 Å². The second-order valence-corrected chi connectivity index (χ2v) is 11.0. The van der Waals surface area contributed by atoms with Gasteiger partial charge in [-0.25, -0.2) is 18.9 Å². The molecule has 3 aromatic carbocycles. The van der Waals surface area contributed by atoms with E-state index in [1.807, 2.05) is 20.8 Å². The van der Waals surface area contributed by atoms with Crippen LogP contribution in [0.1, 0.15) is 61.7 Å². The number of nitrogens with one attached hydrogen (secondary N) is 1. The predicted molar refractivity (Wildman–Crippen MR) is 145 cm³/mol. The number of carbonyl (C=O) groups is 3. The van der Waals surface area contributed by atoms with Crippen molar-refractivity contribution in [1.29, 1.82) is 5.26 Å². The van der Waals surface area contributed by atoms with Crippen LogP contribution >= 0.6 is 0 Å². The Morgan fingerprint density at radius 1 is 1.05 bits per heavy atom. The standard InChI is InChI=1S/C30H29FN4O4/c1-29(2,3)24-15-23(13-9-19(24)16-32)35-27(38)30(4,5)34(28(35)39)17-20-6-10-21(31)14-25(20)33-22-11-7-18(8-12-22)26(36)37/h6-15,33H,17H2,1-5H3,(H,36,37). The van der Waals surface area contributed by atoms with Gasteiger partial charge in [0.2, 0.25) is 0 Å². The van der Waals surface area contributed by atoms with Gasteiger partial charge in [0.25, 0.3) is 5.91 Å². The number of carboxylic acid groups (broad SMARTS) is 1. The highest BCUT2D eigenvalue weighted by Crippen LogP contribution is 2.37. The van der Waals surface area contributed by atoms with Crippen LogP contribution in [0.3, 0.4) is 0 Å². The lowest BCUT2D eigenvalue weighted by atomic mass is 9.83. The van der Waals surface area contributed by atoms with Crippen molar-refractivity contribution in [3.05, 3.63) is 88.7 Å². The molecule has 0 aromatic heterocycles. The minimum absolute atomic E-state index is 0.00625. The average Bonchev–Trinajstić information content (AvgIpc) is 3.03. The molecule has 2 N–H and O–H groups in total. The Morgan fingerprint density at radius 2 is 1.72 bits per heavy atom. The number of anilines is 3. The van der Waals surface area contributed by atoms with Crippen LogP contribution in [-0.2, 0) is 16.8 Å². The smallest absolute Gasteiger partial charge is 0.335 e. The molecule has 1 fully saturated rings. The zero-order chi connectivity index (χ0) is 28.7. The lowest BCUT2D eigenvalue weighted by Gasteiger charge is -2.28. The van der Waals surface area contributed by atoms with E-state index in [2.05, 4.69) is 11.4 Å². The highest BCUT2D eigenvalue weighted by atomic mass is 19.1. The van der Waals surface area contributed by atoms with Crippen molar-refractivity contribution in [2.45, 2.75) is 52.1 Å². The van der Waals surface area contributed by atoms with Gasteiger partial charge >= 0.3 is 12.0 Å². The maximum Gasteiger partial charge on any atom is 0.335 e. The summed E-state index contributed by atoms with van der Waals surface area (Å²) in [5, 5.41) is 21.8. The minimum Gasteiger partial charge on any atom is -0.478 e. The van der Waals surface area contributed by atoms with Gasteiger partial charge in [0, 0.05) is 11.4 Å². The van der Waals surface area contributed by atoms with Crippen LogP contribution in [0.25, 0.3) is 0 Å². The lowest BCUT2D eigenvalue weighted by molar-refractivity contribution is -0.123. The van der Waals surface area contributed by atoms with E-state index >= 15 is 0 Å². The summed E-state index contributed by atoms with van der Waals surface area (Å²) >= 11 is 0. The highest BCUT2D eigenvalue weighted by molar-refractivity contribution is 6.23. The first kappa shape index (κ1) is 27.3. The fraction of sp³-hybridized carbons (Fsp3) is 0.267. The van der Waals surface area contributed by atoms with Crippen molar-refractivity contribution in [2.75, 3.05) is 10.2 Å². The molecule has 0 aliphatic carbocycles. The summed E-state index contributed by atoms with van der Waals surface area (Å²) in [6, 6.07) is 16.6. The number of urea groups is 1. The number of hydrogen-bond acceptors (Lipinski definition) is 5. The summed E-state index contributed by atoms with van der Waals surface area (Å²) in [5.41, 5.74) is 1.55. The molecule has 9 heteroatoms. The van der Waals surface area contributed by atoms with Crippen molar-refractivity contribution < 1.29 is 23.9 Å². The zero-order valence-electron chi connectivity index (χ0n) is 22.4. The van der Waals surface area contributed by atoms with Gasteiger partial charge in [0.05, 0.1) is 29.4 Å². The maximum atomic E-state index is 14.2. The number of nitrogens with zero attached hydrogens (tertiary/aromatic N) is 3. The topological polar surface area (TPSA) is 114 Å². The molecule has 39 heavy (non-hydrogen) atoms. The molecule has 1 aliphatic heterocycles. The Balaban J connectivity index is 1.68. The first-order valence-corrected chi connectivity index (χ1v) is 12.3. The number of carboxylic acids is 1. The maximum absolute atomic E-state index is 14.2. The van der Waals surface area contributed by atoms with Gasteiger partial charge in [-0.2, -0.15) is 5.26 Å². The van der Waals surface area contributed by atoms with Crippen molar-refractivity contribution >= 4 is 35.0 Å². The second-order valence-electron chi connectivity index (χ2n) is 11.0. The van der Waals surface area contributed by atoms with Gasteiger partial charge in [-0.15, -0.1) is 0 Å². The van der Waals surface area contributed by atoms with E-state index in [4.69, 9.17) is 5.11 Å². The molecule has 4 rings (SSSR count). The summed E-state index contributed by atoms with van der Waals surface area (Å²) in [6.45, 7) is 9.18. The van der Waals surface area contributed by atoms with Crippen LogP contribution in [-0.4, -0.2) is 33.5 Å². The van der Waals surface area contributed by atoms with E-state index in [0.717, 1.165) is 10.5 Å². The molecule has 3 amide bonds. The number of nitriles is 1. The summed E-state index contributed by atoms with van der Waals surface area (Å²) in [5.74, 6) is -1.98. The van der Waals surface area contributed by atoms with E-state index in [0.29, 0.717) is 28.2 Å². The third kappa shape index (κ3) is 5.18. The summed E-state index contributed by atoms with van der Waals surface area (Å²) in [4.78, 5) is 41.0. The molecular formula is C30H29FN4O4. The summed E-state index contributed by atoms with van der Waals surface area (Å²) in [6.07, 6.45) is 0. The number of benzene rings is 3. The second kappa shape index (κ2) is 9.87. The molecule has 1 saturated heterocycles. The van der Waals surface area contributed by atoms with Crippen molar-refractivity contribution in [3.63, 3.8) is 0 Å². The molecule has 0 bridgehead atoms. The SMILES string of the molecule is CC(C)(C)c1cc(N2C(=O)N(Cc3ccc(F)cc3Nc3ccc(C(=O)O)cc3)C(C)(C)C2=O)ccc1C#N. The van der Waals surface area contributed by atoms with Crippen LogP contribution in [0.15, 0.2) is 60.7 Å². The lowest BCUT2D eigenvalue weighted by Crippen LogP contribution is -2.43. The number of hydrogen-bond donors (Lipinski definition) is 2. The third-order valence-corrected chi connectivity index (χ3v) is 6.82. The Labute approximate surface area is 226 Å². The van der Waals surface area contributed by atoms with Crippen molar-refractivity contribution in [3.8, 4) is 6.07 Å². The molecule has 8 nitrogen and oxygen atoms in total. The molecule has 0 atom stereocenters. The Kier molecular flexibility index (Phi) is 6.92. The molecule has 0 saturated carbocycles. The van der Waals surface area contributed by atoms with Crippen LogP contribution in [0.4, 0.5) is 26.2 Å². The molecule has 1 aliphatic rings. The largest absolute Gasteiger partial charge is 0.478 e. The Hall–Kier alpha value is -4.71. The fourth-order valence-electron chi connectivity index (χ4n) is 4.54. The molecular weight excluding hydrogens is 499 g/mol. The van der Waals surface area contributed by atoms with E-state index in [-0.39, 0.29) is 17.5 Å². The van der Waals surface area contributed by atoms with E-state index in [9.17, 15) is 24.0 Å². The normalized spacial score (nSPS) is 14.9. The van der Waals surface area contributed by atoms with Gasteiger partial charge < -0.3 is 15.3 Å². The van der Waals surface area contributed by atoms with E-state index in [1.165, 1.54) is 29.2 Å². The van der Waals surface area contributed by atoms with Crippen LogP contribution in [0, 0.1) is 17.1 Å². The Morgan fingerprint density at radius 3 is 2.31 bits per heavy atom. The molecule has 0 spiro atoms. The number of aromatic carboxylic acids is 1. The quantitative estimate of drug-likeness (QED) is 0.369. The molecule has 1 heterocycles. The van der Waals surface area contributed by atoms with Crippen molar-refractivity contribution in [1.82, 2.24) is 4.90 Å². The molecule has 3 aromatic rings. The Bertz CT molecular complexity index is 1520. The van der Waals surface area contributed by atoms with E-state index < -0.39 is 29.3 Å². The van der Waals surface area contributed by atoms with Gasteiger partial charge in [-0.3, -0.25) is 4.79 Å². The van der Waals surface area contributed by atoms with Crippen LogP contribution < -0.4 is 10.2 Å². The van der Waals surface area contributed by atoms with Crippen LogP contribution in [0.2, 0.25) is 0 Å². The fourth-order valence-corrected chi connectivity index (χ4v) is 4.54. The number of amides is 3. The molecule has 200 valence electrons. The summed E-state index contributed by atoms with van der Waals surface area (Å²) in [7, 11) is 0. The predicted octanol–water partition coefficient (Wildman–Crippen LogP) is 6.18. The van der Waals surface area contributed by atoms with Gasteiger partial charge in [-0.05, 0) is 85.0 Å². The highest BCUT2D eigenvalue weighted by Gasteiger charge is 2.52. The van der Waals surface area contributed by atoms with Gasteiger partial charge in [0.1, 0.15) is 11.4 Å². The van der Waals surface area contributed by atoms with E-state index in [1.54, 1.807) is 50.2 Å². The molecule has 0 unspecified atom stereocenters. The molecule has 0 radical (unpaired) electrons. The summed E-state index contributed by atoms with van der Waals surface area (Å²) < 4.78 is 14.2.